The van der Waals surface area contributed by atoms with E-state index in [1.165, 1.54) is 51.5 Å². The first-order chi connectivity index (χ1) is 18.1. The summed E-state index contributed by atoms with van der Waals surface area (Å²) in [5.74, 6) is 1.52. The molecule has 2 aromatic rings. The summed E-state index contributed by atoms with van der Waals surface area (Å²) in [5, 5.41) is 26.7. The highest BCUT2D eigenvalue weighted by atomic mass is 16.3. The van der Waals surface area contributed by atoms with E-state index in [2.05, 4.69) is 10.6 Å². The predicted octanol–water partition coefficient (Wildman–Crippen LogP) is 5.01. The molecule has 1 aliphatic heterocycles. The van der Waals surface area contributed by atoms with Gasteiger partial charge in [-0.3, -0.25) is 4.79 Å². The maximum absolute atomic E-state index is 13.6. The summed E-state index contributed by atoms with van der Waals surface area (Å²) in [5.41, 5.74) is 1.70. The number of hydrogen-bond donors (Lipinski definition) is 4. The van der Waals surface area contributed by atoms with E-state index >= 15 is 0 Å². The maximum atomic E-state index is 13.6. The van der Waals surface area contributed by atoms with Crippen molar-refractivity contribution in [3.63, 3.8) is 0 Å². The normalized spacial score (nSPS) is 17.4. The molecule has 1 saturated heterocycles. The van der Waals surface area contributed by atoms with Crippen molar-refractivity contribution < 1.29 is 15.0 Å². The Morgan fingerprint density at radius 3 is 1.68 bits per heavy atom. The summed E-state index contributed by atoms with van der Waals surface area (Å²) in [7, 11) is 0. The molecule has 1 amide bonds. The highest BCUT2D eigenvalue weighted by Crippen LogP contribution is 2.31. The van der Waals surface area contributed by atoms with E-state index in [0.717, 1.165) is 62.6 Å². The van der Waals surface area contributed by atoms with E-state index in [1.54, 1.807) is 24.3 Å². The van der Waals surface area contributed by atoms with Gasteiger partial charge in [-0.1, -0.05) is 43.5 Å². The van der Waals surface area contributed by atoms with Crippen LogP contribution in [0.5, 0.6) is 11.5 Å². The number of rotatable bonds is 12. The van der Waals surface area contributed by atoms with E-state index < -0.39 is 5.92 Å². The number of piperidine rings is 1. The van der Waals surface area contributed by atoms with Crippen molar-refractivity contribution >= 4 is 5.91 Å². The topological polar surface area (TPSA) is 84.8 Å². The van der Waals surface area contributed by atoms with Gasteiger partial charge in [-0.15, -0.1) is 0 Å². The number of likely N-dealkylation sites (tertiary alicyclic amines) is 1. The number of hydrogen-bond acceptors (Lipinski definition) is 5. The molecule has 0 bridgehead atoms. The fourth-order valence-electron chi connectivity index (χ4n) is 5.85. The molecule has 4 N–H and O–H groups in total. The molecule has 0 aromatic heterocycles. The molecule has 0 unspecified atom stereocenters. The first-order valence-electron chi connectivity index (χ1n) is 14.4. The zero-order valence-corrected chi connectivity index (χ0v) is 22.2. The van der Waals surface area contributed by atoms with Crippen LogP contribution in [0.2, 0.25) is 0 Å². The fraction of sp³-hybridized carbons (Fsp3) is 0.581. The average molecular weight is 508 g/mol. The van der Waals surface area contributed by atoms with Crippen LogP contribution in [0.3, 0.4) is 0 Å². The number of phenols is 2. The molecule has 6 heteroatoms. The second kappa shape index (κ2) is 14.4. The molecule has 6 nitrogen and oxygen atoms in total. The van der Waals surface area contributed by atoms with Crippen molar-refractivity contribution in [3.05, 3.63) is 59.7 Å². The summed E-state index contributed by atoms with van der Waals surface area (Å²) < 4.78 is 0. The monoisotopic (exact) mass is 507 g/mol. The van der Waals surface area contributed by atoms with Crippen LogP contribution in [0, 0.1) is 11.8 Å². The number of carbonyl (C=O) groups excluding carboxylic acids is 1. The van der Waals surface area contributed by atoms with Crippen molar-refractivity contribution in [2.75, 3.05) is 39.3 Å². The molecule has 0 spiro atoms. The number of amides is 1. The van der Waals surface area contributed by atoms with Crippen LogP contribution < -0.4 is 10.6 Å². The van der Waals surface area contributed by atoms with Gasteiger partial charge in [0.25, 0.3) is 0 Å². The SMILES string of the molecule is O=C(C(c1ccc(O)cc1)c1ccc(O)cc1)N1CCC(CNCCCCNCC2CCCCC2)CC1. The summed E-state index contributed by atoms with van der Waals surface area (Å²) in [6, 6.07) is 13.8. The highest BCUT2D eigenvalue weighted by molar-refractivity contribution is 5.87. The Balaban J connectivity index is 1.17. The molecular weight excluding hydrogens is 462 g/mol. The third-order valence-corrected chi connectivity index (χ3v) is 8.17. The van der Waals surface area contributed by atoms with Gasteiger partial charge in [0.2, 0.25) is 5.91 Å². The van der Waals surface area contributed by atoms with E-state index in [0.29, 0.717) is 5.92 Å². The summed E-state index contributed by atoms with van der Waals surface area (Å²) in [6.45, 7) is 5.95. The Kier molecular flexibility index (Phi) is 10.7. The lowest BCUT2D eigenvalue weighted by molar-refractivity contribution is -0.133. The van der Waals surface area contributed by atoms with Crippen molar-refractivity contribution in [2.24, 2.45) is 11.8 Å². The number of aromatic hydroxyl groups is 2. The van der Waals surface area contributed by atoms with Crippen molar-refractivity contribution in [1.29, 1.82) is 0 Å². The third kappa shape index (κ3) is 8.47. The smallest absolute Gasteiger partial charge is 0.234 e. The van der Waals surface area contributed by atoms with Gasteiger partial charge in [-0.05, 0) is 112 Å². The van der Waals surface area contributed by atoms with Crippen LogP contribution in [-0.4, -0.2) is 60.3 Å². The molecule has 0 radical (unpaired) electrons. The van der Waals surface area contributed by atoms with Gasteiger partial charge in [0.15, 0.2) is 0 Å². The Morgan fingerprint density at radius 1 is 0.730 bits per heavy atom. The highest BCUT2D eigenvalue weighted by Gasteiger charge is 2.30. The van der Waals surface area contributed by atoms with Crippen LogP contribution in [-0.2, 0) is 4.79 Å². The van der Waals surface area contributed by atoms with Gasteiger partial charge in [-0.25, -0.2) is 0 Å². The summed E-state index contributed by atoms with van der Waals surface area (Å²) >= 11 is 0. The first kappa shape index (κ1) is 27.5. The van der Waals surface area contributed by atoms with Gasteiger partial charge in [0.05, 0.1) is 5.92 Å². The minimum atomic E-state index is -0.442. The van der Waals surface area contributed by atoms with Crippen LogP contribution in [0.1, 0.15) is 74.8 Å². The fourth-order valence-corrected chi connectivity index (χ4v) is 5.85. The lowest BCUT2D eigenvalue weighted by atomic mass is 9.88. The Labute approximate surface area is 222 Å². The first-order valence-corrected chi connectivity index (χ1v) is 14.4. The van der Waals surface area contributed by atoms with Crippen LogP contribution in [0.25, 0.3) is 0 Å². The van der Waals surface area contributed by atoms with Crippen LogP contribution in [0.15, 0.2) is 48.5 Å². The molecule has 0 atom stereocenters. The van der Waals surface area contributed by atoms with Gasteiger partial charge >= 0.3 is 0 Å². The van der Waals surface area contributed by atoms with E-state index in [1.807, 2.05) is 29.2 Å². The molecule has 4 rings (SSSR count). The van der Waals surface area contributed by atoms with E-state index in [9.17, 15) is 15.0 Å². The van der Waals surface area contributed by atoms with Gasteiger partial charge in [0.1, 0.15) is 11.5 Å². The molecular formula is C31H45N3O3. The van der Waals surface area contributed by atoms with Gasteiger partial charge in [-0.2, -0.15) is 0 Å². The van der Waals surface area contributed by atoms with Crippen LogP contribution >= 0.6 is 0 Å². The number of nitrogens with one attached hydrogen (secondary N) is 2. The van der Waals surface area contributed by atoms with Crippen molar-refractivity contribution in [2.45, 2.75) is 63.7 Å². The number of unbranched alkanes of at least 4 members (excludes halogenated alkanes) is 1. The number of carbonyl (C=O) groups is 1. The quantitative estimate of drug-likeness (QED) is 0.304. The Morgan fingerprint density at radius 2 is 1.19 bits per heavy atom. The Bertz CT molecular complexity index is 888. The average Bonchev–Trinajstić information content (AvgIpc) is 2.93. The summed E-state index contributed by atoms with van der Waals surface area (Å²) in [6.07, 6.45) is 11.5. The largest absolute Gasteiger partial charge is 0.508 e. The standard InChI is InChI=1S/C31H45N3O3/c35-28-12-8-26(9-13-28)30(27-10-14-29(36)15-11-27)31(37)34-20-16-25(17-21-34)23-33-19-5-4-18-32-22-24-6-2-1-3-7-24/h8-15,24-25,30,32-33,35-36H,1-7,16-23H2. The second-order valence-corrected chi connectivity index (χ2v) is 11.0. The van der Waals surface area contributed by atoms with Crippen molar-refractivity contribution in [3.8, 4) is 11.5 Å². The number of phenolic OH excluding ortho intramolecular Hbond substituents is 2. The number of nitrogens with zero attached hydrogens (tertiary/aromatic N) is 1. The zero-order chi connectivity index (χ0) is 25.9. The lowest BCUT2D eigenvalue weighted by Gasteiger charge is -2.34. The maximum Gasteiger partial charge on any atom is 0.234 e. The lowest BCUT2D eigenvalue weighted by Crippen LogP contribution is -2.43. The van der Waals surface area contributed by atoms with Gasteiger partial charge < -0.3 is 25.7 Å². The second-order valence-electron chi connectivity index (χ2n) is 11.0. The molecule has 1 saturated carbocycles. The third-order valence-electron chi connectivity index (χ3n) is 8.17. The molecule has 1 aliphatic carbocycles. The molecule has 37 heavy (non-hydrogen) atoms. The molecule has 1 heterocycles. The summed E-state index contributed by atoms with van der Waals surface area (Å²) in [4.78, 5) is 15.6. The Hall–Kier alpha value is -2.57. The zero-order valence-electron chi connectivity index (χ0n) is 22.2. The van der Waals surface area contributed by atoms with Crippen molar-refractivity contribution in [1.82, 2.24) is 15.5 Å². The predicted molar refractivity (Wildman–Crippen MR) is 149 cm³/mol. The van der Waals surface area contributed by atoms with Crippen LogP contribution in [0.4, 0.5) is 0 Å². The minimum absolute atomic E-state index is 0.0866. The molecule has 202 valence electrons. The van der Waals surface area contributed by atoms with E-state index in [-0.39, 0.29) is 17.4 Å². The number of benzene rings is 2. The molecule has 2 aromatic carbocycles. The molecule has 2 aliphatic rings. The molecule has 2 fully saturated rings. The minimum Gasteiger partial charge on any atom is -0.508 e. The van der Waals surface area contributed by atoms with E-state index in [4.69, 9.17) is 0 Å². The van der Waals surface area contributed by atoms with Gasteiger partial charge in [0, 0.05) is 13.1 Å².